The molecule has 1 rings (SSSR count). The van der Waals surface area contributed by atoms with Gasteiger partial charge in [-0.1, -0.05) is 12.1 Å². The van der Waals surface area contributed by atoms with E-state index >= 15 is 0 Å². The quantitative estimate of drug-likeness (QED) is 0.622. The number of hydrogen-bond acceptors (Lipinski definition) is 2. The first-order chi connectivity index (χ1) is 8.18. The largest absolute Gasteiger partial charge is 0.463 e. The van der Waals surface area contributed by atoms with Crippen molar-refractivity contribution in [1.82, 2.24) is 0 Å². The summed E-state index contributed by atoms with van der Waals surface area (Å²) in [6, 6.07) is 1.97. The number of ether oxygens (including phenoxy) is 1. The third-order valence-corrected chi connectivity index (χ3v) is 2.05. The van der Waals surface area contributed by atoms with Crippen molar-refractivity contribution in [2.45, 2.75) is 19.0 Å². The summed E-state index contributed by atoms with van der Waals surface area (Å²) < 4.78 is 79.4. The predicted molar refractivity (Wildman–Crippen MR) is 47.3 cm³/mol. The predicted octanol–water partition coefficient (Wildman–Crippen LogP) is 3.40. The molecule has 0 saturated carbocycles. The summed E-state index contributed by atoms with van der Waals surface area (Å²) in [6.07, 6.45) is -10.3. The maximum absolute atomic E-state index is 12.6. The molecular weight excluding hydrogens is 266 g/mol. The zero-order valence-electron chi connectivity index (χ0n) is 8.60. The molecule has 0 saturated heterocycles. The molecule has 2 nitrogen and oxygen atoms in total. The average Bonchev–Trinajstić information content (AvgIpc) is 2.23. The van der Waals surface area contributed by atoms with Crippen LogP contribution in [0.3, 0.4) is 0 Å². The fourth-order valence-corrected chi connectivity index (χ4v) is 1.42. The van der Waals surface area contributed by atoms with Gasteiger partial charge in [0.1, 0.15) is 6.61 Å². The fraction of sp³-hybridized carbons (Fsp3) is 0.300. The van der Waals surface area contributed by atoms with Crippen LogP contribution in [-0.4, -0.2) is 6.47 Å². The molecule has 0 radical (unpaired) electrons. The Morgan fingerprint density at radius 2 is 1.67 bits per heavy atom. The number of halogens is 6. The van der Waals surface area contributed by atoms with Crippen LogP contribution in [0.15, 0.2) is 18.2 Å². The molecule has 0 fully saturated rings. The van der Waals surface area contributed by atoms with Crippen LogP contribution in [0.4, 0.5) is 26.3 Å². The minimum Gasteiger partial charge on any atom is -0.463 e. The van der Waals surface area contributed by atoms with E-state index < -0.39 is 35.6 Å². The van der Waals surface area contributed by atoms with Gasteiger partial charge in [0.15, 0.2) is 0 Å². The maximum Gasteiger partial charge on any atom is 0.417 e. The second-order valence-electron chi connectivity index (χ2n) is 3.24. The number of rotatable bonds is 3. The zero-order valence-corrected chi connectivity index (χ0v) is 8.60. The highest BCUT2D eigenvalue weighted by atomic mass is 19.4. The molecule has 18 heavy (non-hydrogen) atoms. The summed E-state index contributed by atoms with van der Waals surface area (Å²) in [5.41, 5.74) is -4.38. The first kappa shape index (κ1) is 14.3. The van der Waals surface area contributed by atoms with E-state index in [0.29, 0.717) is 6.07 Å². The molecule has 0 N–H and O–H groups in total. The Hall–Kier alpha value is -1.73. The van der Waals surface area contributed by atoms with Gasteiger partial charge in [-0.3, -0.25) is 4.79 Å². The lowest BCUT2D eigenvalue weighted by atomic mass is 10.0. The Balaban J connectivity index is 3.40. The molecule has 1 aromatic carbocycles. The fourth-order valence-electron chi connectivity index (χ4n) is 1.42. The van der Waals surface area contributed by atoms with E-state index in [1.165, 1.54) is 0 Å². The summed E-state index contributed by atoms with van der Waals surface area (Å²) >= 11 is 0. The molecule has 0 aliphatic heterocycles. The van der Waals surface area contributed by atoms with Gasteiger partial charge in [0.2, 0.25) is 0 Å². The van der Waals surface area contributed by atoms with Crippen molar-refractivity contribution in [2.75, 3.05) is 0 Å². The highest BCUT2D eigenvalue weighted by Gasteiger charge is 2.44. The lowest BCUT2D eigenvalue weighted by molar-refractivity contribution is -0.163. The molecular formula is C10H6F6O2. The van der Waals surface area contributed by atoms with Gasteiger partial charge in [0.25, 0.3) is 6.47 Å². The van der Waals surface area contributed by atoms with Crippen LogP contribution >= 0.6 is 0 Å². The molecule has 1 aromatic rings. The lowest BCUT2D eigenvalue weighted by Crippen LogP contribution is -2.19. The van der Waals surface area contributed by atoms with Crippen molar-refractivity contribution in [3.63, 3.8) is 0 Å². The highest BCUT2D eigenvalue weighted by Crippen LogP contribution is 2.42. The Morgan fingerprint density at radius 1 is 1.06 bits per heavy atom. The van der Waals surface area contributed by atoms with Crippen LogP contribution in [0.25, 0.3) is 0 Å². The van der Waals surface area contributed by atoms with Crippen molar-refractivity contribution in [3.8, 4) is 0 Å². The first-order valence-electron chi connectivity index (χ1n) is 4.49. The van der Waals surface area contributed by atoms with E-state index in [2.05, 4.69) is 4.74 Å². The highest BCUT2D eigenvalue weighted by molar-refractivity contribution is 5.41. The van der Waals surface area contributed by atoms with E-state index in [1.807, 2.05) is 0 Å². The molecule has 0 atom stereocenters. The lowest BCUT2D eigenvalue weighted by Gasteiger charge is -2.18. The van der Waals surface area contributed by atoms with Crippen LogP contribution in [0.5, 0.6) is 0 Å². The monoisotopic (exact) mass is 272 g/mol. The van der Waals surface area contributed by atoms with Gasteiger partial charge in [0, 0.05) is 5.56 Å². The minimum atomic E-state index is -5.19. The van der Waals surface area contributed by atoms with Crippen molar-refractivity contribution >= 4 is 6.47 Å². The van der Waals surface area contributed by atoms with Gasteiger partial charge in [-0.05, 0) is 6.07 Å². The van der Waals surface area contributed by atoms with E-state index in [9.17, 15) is 31.1 Å². The van der Waals surface area contributed by atoms with Crippen molar-refractivity contribution in [3.05, 3.63) is 34.9 Å². The average molecular weight is 272 g/mol. The van der Waals surface area contributed by atoms with Crippen LogP contribution in [0, 0.1) is 0 Å². The Morgan fingerprint density at radius 3 is 2.11 bits per heavy atom. The van der Waals surface area contributed by atoms with Crippen LogP contribution < -0.4 is 0 Å². The normalized spacial score (nSPS) is 12.3. The van der Waals surface area contributed by atoms with E-state index in [1.54, 1.807) is 0 Å². The smallest absolute Gasteiger partial charge is 0.417 e. The molecule has 0 unspecified atom stereocenters. The Kier molecular flexibility index (Phi) is 3.88. The van der Waals surface area contributed by atoms with E-state index in [0.717, 1.165) is 12.1 Å². The van der Waals surface area contributed by atoms with Crippen molar-refractivity contribution in [1.29, 1.82) is 0 Å². The number of alkyl halides is 6. The molecule has 0 amide bonds. The second kappa shape index (κ2) is 4.87. The molecule has 0 aliphatic rings. The summed E-state index contributed by atoms with van der Waals surface area (Å²) in [5.74, 6) is 0. The molecule has 8 heteroatoms. The molecule has 0 spiro atoms. The second-order valence-corrected chi connectivity index (χ2v) is 3.24. The number of hydrogen-bond donors (Lipinski definition) is 0. The van der Waals surface area contributed by atoms with Gasteiger partial charge in [0.05, 0.1) is 11.1 Å². The third kappa shape index (κ3) is 3.14. The maximum atomic E-state index is 12.6. The summed E-state index contributed by atoms with van der Waals surface area (Å²) in [6.45, 7) is -1.01. The van der Waals surface area contributed by atoms with Crippen molar-refractivity contribution < 1.29 is 35.9 Å². The molecule has 0 heterocycles. The molecule has 0 aromatic heterocycles. The standard InChI is InChI=1S/C10H6F6O2/c11-9(12,13)7-3-1-2-6(4-18-5-17)8(7)10(14,15)16/h1-3,5H,4H2. The van der Waals surface area contributed by atoms with E-state index in [-0.39, 0.29) is 6.47 Å². The van der Waals surface area contributed by atoms with Crippen LogP contribution in [0.2, 0.25) is 0 Å². The Labute approximate surface area is 97.2 Å². The van der Waals surface area contributed by atoms with Gasteiger partial charge < -0.3 is 4.74 Å². The number of benzene rings is 1. The third-order valence-electron chi connectivity index (χ3n) is 2.05. The SMILES string of the molecule is O=COCc1cccc(C(F)(F)F)c1C(F)(F)F. The zero-order chi connectivity index (χ0) is 14.0. The summed E-state index contributed by atoms with van der Waals surface area (Å²) in [5, 5.41) is 0. The molecule has 0 aliphatic carbocycles. The molecule has 100 valence electrons. The van der Waals surface area contributed by atoms with Gasteiger partial charge in [-0.25, -0.2) is 0 Å². The number of carbonyl (C=O) groups is 1. The first-order valence-corrected chi connectivity index (χ1v) is 4.49. The summed E-state index contributed by atoms with van der Waals surface area (Å²) in [4.78, 5) is 9.90. The Bertz CT molecular complexity index is 435. The van der Waals surface area contributed by atoms with E-state index in [4.69, 9.17) is 0 Å². The minimum absolute atomic E-state index is 0.138. The van der Waals surface area contributed by atoms with Gasteiger partial charge in [-0.15, -0.1) is 0 Å². The van der Waals surface area contributed by atoms with Gasteiger partial charge >= 0.3 is 12.4 Å². The number of carbonyl (C=O) groups excluding carboxylic acids is 1. The summed E-state index contributed by atoms with van der Waals surface area (Å²) in [7, 11) is 0. The van der Waals surface area contributed by atoms with Crippen LogP contribution in [-0.2, 0) is 28.5 Å². The van der Waals surface area contributed by atoms with Gasteiger partial charge in [-0.2, -0.15) is 26.3 Å². The molecule has 0 bridgehead atoms. The van der Waals surface area contributed by atoms with Crippen LogP contribution in [0.1, 0.15) is 16.7 Å². The van der Waals surface area contributed by atoms with Crippen molar-refractivity contribution in [2.24, 2.45) is 0 Å². The topological polar surface area (TPSA) is 26.3 Å².